The fourth-order valence-corrected chi connectivity index (χ4v) is 3.86. The van der Waals surface area contributed by atoms with Gasteiger partial charge in [0.05, 0.1) is 7.11 Å². The number of ether oxygens (including phenoxy) is 4. The third-order valence-corrected chi connectivity index (χ3v) is 5.09. The van der Waals surface area contributed by atoms with Gasteiger partial charge < -0.3 is 18.9 Å². The van der Waals surface area contributed by atoms with Crippen LogP contribution in [-0.4, -0.2) is 51.6 Å². The third-order valence-electron chi connectivity index (χ3n) is 5.09. The highest BCUT2D eigenvalue weighted by Gasteiger charge is 2.73. The Labute approximate surface area is 124 Å². The van der Waals surface area contributed by atoms with Crippen LogP contribution in [0.1, 0.15) is 20.3 Å². The minimum Gasteiger partial charge on any atom is -0.468 e. The van der Waals surface area contributed by atoms with Crippen LogP contribution in [0.15, 0.2) is 11.6 Å². The van der Waals surface area contributed by atoms with E-state index >= 15 is 0 Å². The number of Topliss-reactive ketones (excluding diaryl/α,β-unsaturated/α-hetero) is 1. The second kappa shape index (κ2) is 4.90. The summed E-state index contributed by atoms with van der Waals surface area (Å²) in [6, 6.07) is 0. The highest BCUT2D eigenvalue weighted by molar-refractivity contribution is 6.04. The molecular weight excluding hydrogens is 276 g/mol. The van der Waals surface area contributed by atoms with Crippen molar-refractivity contribution >= 4 is 11.8 Å². The summed E-state index contributed by atoms with van der Waals surface area (Å²) in [6.07, 6.45) is 2.06. The van der Waals surface area contributed by atoms with E-state index in [9.17, 15) is 9.59 Å². The maximum Gasteiger partial charge on any atom is 0.315 e. The number of methoxy groups -OCH3 is 4. The van der Waals surface area contributed by atoms with Gasteiger partial charge in [0.2, 0.25) is 11.6 Å². The fourth-order valence-electron chi connectivity index (χ4n) is 3.86. The number of fused-ring (bicyclic) bond motifs is 2. The Morgan fingerprint density at radius 3 is 2.19 bits per heavy atom. The zero-order valence-corrected chi connectivity index (χ0v) is 13.3. The van der Waals surface area contributed by atoms with Gasteiger partial charge in [-0.25, -0.2) is 0 Å². The zero-order valence-electron chi connectivity index (χ0n) is 13.3. The first kappa shape index (κ1) is 16.1. The number of esters is 1. The lowest BCUT2D eigenvalue weighted by Crippen LogP contribution is -2.74. The smallest absolute Gasteiger partial charge is 0.315 e. The van der Waals surface area contributed by atoms with Crippen molar-refractivity contribution in [2.45, 2.75) is 31.7 Å². The summed E-state index contributed by atoms with van der Waals surface area (Å²) in [6.45, 7) is 3.57. The van der Waals surface area contributed by atoms with E-state index in [0.717, 1.165) is 5.57 Å². The van der Waals surface area contributed by atoms with Crippen LogP contribution < -0.4 is 0 Å². The Kier molecular flexibility index (Phi) is 3.76. The van der Waals surface area contributed by atoms with Crippen LogP contribution in [0.2, 0.25) is 0 Å². The predicted molar refractivity (Wildman–Crippen MR) is 73.5 cm³/mol. The summed E-state index contributed by atoms with van der Waals surface area (Å²) in [5.74, 6) is -2.67. The van der Waals surface area contributed by atoms with Crippen molar-refractivity contribution in [2.24, 2.45) is 11.3 Å². The van der Waals surface area contributed by atoms with Gasteiger partial charge >= 0.3 is 5.97 Å². The molecule has 0 amide bonds. The number of ketones is 1. The van der Waals surface area contributed by atoms with E-state index in [-0.39, 0.29) is 5.92 Å². The van der Waals surface area contributed by atoms with Gasteiger partial charge in [-0.1, -0.05) is 5.57 Å². The second-order valence-corrected chi connectivity index (χ2v) is 5.81. The van der Waals surface area contributed by atoms with Crippen LogP contribution in [0, 0.1) is 11.3 Å². The van der Waals surface area contributed by atoms with Crippen molar-refractivity contribution < 1.29 is 28.5 Å². The van der Waals surface area contributed by atoms with Gasteiger partial charge in [-0.05, 0) is 26.3 Å². The molecule has 118 valence electrons. The quantitative estimate of drug-likeness (QED) is 0.439. The number of rotatable bonds is 4. The van der Waals surface area contributed by atoms with E-state index in [1.807, 2.05) is 6.92 Å². The maximum absolute atomic E-state index is 13.1. The molecule has 0 spiro atoms. The normalized spacial score (nSPS) is 37.3. The first-order valence-corrected chi connectivity index (χ1v) is 6.77. The van der Waals surface area contributed by atoms with Crippen LogP contribution in [0.3, 0.4) is 0 Å². The van der Waals surface area contributed by atoms with Gasteiger partial charge in [0, 0.05) is 27.2 Å². The molecule has 3 aliphatic carbocycles. The van der Waals surface area contributed by atoms with Crippen LogP contribution in [0.4, 0.5) is 0 Å². The maximum atomic E-state index is 13.1. The SMILES string of the molecule is COC(=O)[C@@]1(C)C[C@H]2C(C)=C[C@]1(OC)C(=O)C2(OC)OC. The average Bonchev–Trinajstić information content (AvgIpc) is 2.49. The second-order valence-electron chi connectivity index (χ2n) is 5.81. The van der Waals surface area contributed by atoms with Gasteiger partial charge in [-0.2, -0.15) is 0 Å². The lowest BCUT2D eigenvalue weighted by Gasteiger charge is -2.58. The Morgan fingerprint density at radius 2 is 1.76 bits per heavy atom. The molecule has 0 unspecified atom stereocenters. The molecule has 3 atom stereocenters. The molecule has 1 saturated carbocycles. The molecule has 0 aromatic rings. The van der Waals surface area contributed by atoms with Gasteiger partial charge in [0.25, 0.3) is 0 Å². The molecule has 1 fully saturated rings. The summed E-state index contributed by atoms with van der Waals surface area (Å²) in [7, 11) is 5.56. The molecule has 2 bridgehead atoms. The predicted octanol–water partition coefficient (Wildman–Crippen LogP) is 1.09. The van der Waals surface area contributed by atoms with Gasteiger partial charge in [-0.15, -0.1) is 0 Å². The molecule has 0 heterocycles. The van der Waals surface area contributed by atoms with Gasteiger partial charge in [-0.3, -0.25) is 9.59 Å². The van der Waals surface area contributed by atoms with Crippen LogP contribution in [0.5, 0.6) is 0 Å². The van der Waals surface area contributed by atoms with E-state index < -0.39 is 28.6 Å². The lowest BCUT2D eigenvalue weighted by molar-refractivity contribution is -0.269. The average molecular weight is 298 g/mol. The molecular formula is C15H22O6. The number of carbonyl (C=O) groups excluding carboxylic acids is 2. The molecule has 0 radical (unpaired) electrons. The van der Waals surface area contributed by atoms with Crippen molar-refractivity contribution in [2.75, 3.05) is 28.4 Å². The van der Waals surface area contributed by atoms with Crippen LogP contribution in [0.25, 0.3) is 0 Å². The number of hydrogen-bond acceptors (Lipinski definition) is 6. The standard InChI is InChI=1S/C15H22O6/c1-9-7-14(19-4)11(16)15(20-5,21-6)10(9)8-13(14,2)12(17)18-3/h7,10H,8H2,1-6H3/t10-,13+,14-/m0/s1. The Balaban J connectivity index is 2.71. The number of hydrogen-bond donors (Lipinski definition) is 0. The van der Waals surface area contributed by atoms with Crippen molar-refractivity contribution in [3.05, 3.63) is 11.6 Å². The van der Waals surface area contributed by atoms with E-state index in [1.165, 1.54) is 28.4 Å². The molecule has 6 nitrogen and oxygen atoms in total. The summed E-state index contributed by atoms with van der Waals surface area (Å²) < 4.78 is 21.3. The van der Waals surface area contributed by atoms with Gasteiger partial charge in [0.1, 0.15) is 5.41 Å². The van der Waals surface area contributed by atoms with Crippen molar-refractivity contribution in [3.8, 4) is 0 Å². The van der Waals surface area contributed by atoms with Crippen LogP contribution >= 0.6 is 0 Å². The molecule has 0 aliphatic heterocycles. The molecule has 0 aromatic carbocycles. The largest absolute Gasteiger partial charge is 0.468 e. The topological polar surface area (TPSA) is 71.1 Å². The molecule has 0 N–H and O–H groups in total. The summed E-state index contributed by atoms with van der Waals surface area (Å²) >= 11 is 0. The molecule has 3 aliphatic rings. The monoisotopic (exact) mass is 298 g/mol. The molecule has 6 heteroatoms. The Morgan fingerprint density at radius 1 is 1.19 bits per heavy atom. The van der Waals surface area contributed by atoms with E-state index in [2.05, 4.69) is 0 Å². The van der Waals surface area contributed by atoms with Gasteiger partial charge in [0.15, 0.2) is 5.60 Å². The van der Waals surface area contributed by atoms with E-state index in [1.54, 1.807) is 13.0 Å². The first-order valence-electron chi connectivity index (χ1n) is 6.77. The van der Waals surface area contributed by atoms with E-state index in [4.69, 9.17) is 18.9 Å². The molecule has 0 saturated heterocycles. The fraction of sp³-hybridized carbons (Fsp3) is 0.733. The Bertz CT molecular complexity index is 506. The van der Waals surface area contributed by atoms with E-state index in [0.29, 0.717) is 6.42 Å². The van der Waals surface area contributed by atoms with Crippen molar-refractivity contribution in [1.29, 1.82) is 0 Å². The lowest BCUT2D eigenvalue weighted by atomic mass is 9.52. The molecule has 0 aromatic heterocycles. The minimum atomic E-state index is -1.45. The summed E-state index contributed by atoms with van der Waals surface area (Å²) in [5.41, 5.74) is -1.66. The zero-order chi connectivity index (χ0) is 16.1. The minimum absolute atomic E-state index is 0.350. The van der Waals surface area contributed by atoms with Crippen LogP contribution in [-0.2, 0) is 28.5 Å². The highest BCUT2D eigenvalue weighted by atomic mass is 16.7. The molecule has 21 heavy (non-hydrogen) atoms. The third kappa shape index (κ3) is 1.64. The highest BCUT2D eigenvalue weighted by Crippen LogP contribution is 2.58. The summed E-state index contributed by atoms with van der Waals surface area (Å²) in [5, 5.41) is 0. The first-order chi connectivity index (χ1) is 9.79. The Hall–Kier alpha value is -1.24. The van der Waals surface area contributed by atoms with Crippen molar-refractivity contribution in [1.82, 2.24) is 0 Å². The number of carbonyl (C=O) groups is 2. The molecule has 3 rings (SSSR count). The summed E-state index contributed by atoms with van der Waals surface area (Å²) in [4.78, 5) is 25.4. The van der Waals surface area contributed by atoms with Crippen molar-refractivity contribution in [3.63, 3.8) is 0 Å².